The van der Waals surface area contributed by atoms with Gasteiger partial charge in [-0.15, -0.1) is 0 Å². The van der Waals surface area contributed by atoms with Gasteiger partial charge in [0.15, 0.2) is 0 Å². The van der Waals surface area contributed by atoms with E-state index < -0.39 is 0 Å². The number of methoxy groups -OCH3 is 2. The molecule has 6 nitrogen and oxygen atoms in total. The van der Waals surface area contributed by atoms with Crippen molar-refractivity contribution < 1.29 is 19.1 Å². The summed E-state index contributed by atoms with van der Waals surface area (Å²) < 4.78 is 11.5. The third-order valence-electron chi connectivity index (χ3n) is 3.17. The van der Waals surface area contributed by atoms with Crippen molar-refractivity contribution in [3.8, 4) is 0 Å². The minimum atomic E-state index is -0.185. The van der Waals surface area contributed by atoms with Crippen molar-refractivity contribution in [3.05, 3.63) is 24.0 Å². The zero-order chi connectivity index (χ0) is 15.5. The molecule has 1 rings (SSSR count). The molecule has 1 heterocycles. The van der Waals surface area contributed by atoms with Crippen LogP contribution in [0, 0.1) is 0 Å². The largest absolute Gasteiger partial charge is 0.469 e. The van der Waals surface area contributed by atoms with Crippen LogP contribution in [0.5, 0.6) is 0 Å². The van der Waals surface area contributed by atoms with Crippen LogP contribution in [0.1, 0.15) is 36.2 Å². The molecule has 0 atom stereocenters. The lowest BCUT2D eigenvalue weighted by Gasteiger charge is -2.09. The lowest BCUT2D eigenvalue weighted by Crippen LogP contribution is -2.27. The molecule has 118 valence electrons. The number of ether oxygens (including phenoxy) is 2. The number of nitrogens with zero attached hydrogens (tertiary/aromatic N) is 1. The first-order valence-corrected chi connectivity index (χ1v) is 7.18. The molecule has 1 amide bonds. The van der Waals surface area contributed by atoms with Gasteiger partial charge in [0.25, 0.3) is 5.91 Å². The fourth-order valence-corrected chi connectivity index (χ4v) is 1.97. The van der Waals surface area contributed by atoms with E-state index in [0.717, 1.165) is 19.3 Å². The number of nitrogens with one attached hydrogen (secondary N) is 1. The summed E-state index contributed by atoms with van der Waals surface area (Å²) in [7, 11) is 3.03. The van der Waals surface area contributed by atoms with Gasteiger partial charge < -0.3 is 19.4 Å². The number of hydrogen-bond acceptors (Lipinski definition) is 4. The molecular formula is C15H24N2O4. The third-order valence-corrected chi connectivity index (χ3v) is 3.17. The van der Waals surface area contributed by atoms with Crippen molar-refractivity contribution in [1.29, 1.82) is 0 Å². The predicted molar refractivity (Wildman–Crippen MR) is 79.1 cm³/mol. The quantitative estimate of drug-likeness (QED) is 0.526. The molecular weight excluding hydrogens is 272 g/mol. The van der Waals surface area contributed by atoms with Gasteiger partial charge in [-0.2, -0.15) is 0 Å². The van der Waals surface area contributed by atoms with Crippen molar-refractivity contribution in [2.24, 2.45) is 0 Å². The Hall–Kier alpha value is -1.82. The number of carbonyl (C=O) groups is 2. The summed E-state index contributed by atoms with van der Waals surface area (Å²) in [6.45, 7) is 1.84. The van der Waals surface area contributed by atoms with Crippen molar-refractivity contribution in [2.45, 2.75) is 32.2 Å². The standard InChI is InChI=1S/C15H24N2O4/c1-20-12-11-17-10-6-7-13(17)15(19)16-9-5-3-4-8-14(18)21-2/h6-7,10H,3-5,8-9,11-12H2,1-2H3,(H,16,19). The van der Waals surface area contributed by atoms with Crippen LogP contribution in [0.2, 0.25) is 0 Å². The van der Waals surface area contributed by atoms with Gasteiger partial charge >= 0.3 is 5.97 Å². The summed E-state index contributed by atoms with van der Waals surface area (Å²) in [4.78, 5) is 23.0. The number of carbonyl (C=O) groups excluding carboxylic acids is 2. The number of rotatable bonds is 10. The SMILES string of the molecule is COCCn1cccc1C(=O)NCCCCCC(=O)OC. The van der Waals surface area contributed by atoms with Crippen LogP contribution in [-0.2, 0) is 20.8 Å². The highest BCUT2D eigenvalue weighted by Crippen LogP contribution is 2.04. The predicted octanol–water partition coefficient (Wildman–Crippen LogP) is 1.60. The molecule has 0 aliphatic heterocycles. The number of unbranched alkanes of at least 4 members (excludes halogenated alkanes) is 2. The van der Waals surface area contributed by atoms with Gasteiger partial charge in [-0.3, -0.25) is 9.59 Å². The molecule has 6 heteroatoms. The lowest BCUT2D eigenvalue weighted by molar-refractivity contribution is -0.140. The number of hydrogen-bond donors (Lipinski definition) is 1. The monoisotopic (exact) mass is 296 g/mol. The average molecular weight is 296 g/mol. The second-order valence-electron chi connectivity index (χ2n) is 4.72. The lowest BCUT2D eigenvalue weighted by atomic mass is 10.2. The molecule has 0 saturated carbocycles. The third kappa shape index (κ3) is 6.44. The van der Waals surface area contributed by atoms with Crippen molar-refractivity contribution in [2.75, 3.05) is 27.4 Å². The molecule has 0 saturated heterocycles. The van der Waals surface area contributed by atoms with E-state index in [1.54, 1.807) is 13.2 Å². The van der Waals surface area contributed by atoms with E-state index >= 15 is 0 Å². The summed E-state index contributed by atoms with van der Waals surface area (Å²) in [5, 5.41) is 2.89. The molecule has 1 aromatic heterocycles. The minimum Gasteiger partial charge on any atom is -0.469 e. The van der Waals surface area contributed by atoms with Gasteiger partial charge in [0.1, 0.15) is 5.69 Å². The Kier molecular flexibility index (Phi) is 8.19. The van der Waals surface area contributed by atoms with Crippen LogP contribution in [0.3, 0.4) is 0 Å². The molecule has 0 bridgehead atoms. The first-order chi connectivity index (χ1) is 10.2. The van der Waals surface area contributed by atoms with E-state index in [-0.39, 0.29) is 11.9 Å². The molecule has 1 aromatic rings. The highest BCUT2D eigenvalue weighted by atomic mass is 16.5. The van der Waals surface area contributed by atoms with Gasteiger partial charge in [0.05, 0.1) is 13.7 Å². The molecule has 0 spiro atoms. The van der Waals surface area contributed by atoms with Gasteiger partial charge in [-0.05, 0) is 25.0 Å². The number of amides is 1. The smallest absolute Gasteiger partial charge is 0.305 e. The van der Waals surface area contributed by atoms with Crippen LogP contribution in [0.4, 0.5) is 0 Å². The second kappa shape index (κ2) is 9.99. The zero-order valence-corrected chi connectivity index (χ0v) is 12.8. The molecule has 1 N–H and O–H groups in total. The van der Waals surface area contributed by atoms with Crippen LogP contribution in [0.25, 0.3) is 0 Å². The first kappa shape index (κ1) is 17.2. The Labute approximate surface area is 125 Å². The molecule has 0 aliphatic carbocycles. The van der Waals surface area contributed by atoms with Crippen LogP contribution in [0.15, 0.2) is 18.3 Å². The van der Waals surface area contributed by atoms with Gasteiger partial charge in [0, 0.05) is 32.8 Å². The van der Waals surface area contributed by atoms with Gasteiger partial charge in [0.2, 0.25) is 0 Å². The average Bonchev–Trinajstić information content (AvgIpc) is 2.96. The van der Waals surface area contributed by atoms with E-state index in [2.05, 4.69) is 10.1 Å². The normalized spacial score (nSPS) is 10.4. The summed E-state index contributed by atoms with van der Waals surface area (Å²) in [5.41, 5.74) is 0.640. The highest BCUT2D eigenvalue weighted by Gasteiger charge is 2.09. The van der Waals surface area contributed by atoms with Gasteiger partial charge in [-0.25, -0.2) is 0 Å². The Morgan fingerprint density at radius 1 is 1.24 bits per heavy atom. The van der Waals surface area contributed by atoms with E-state index in [4.69, 9.17) is 4.74 Å². The van der Waals surface area contributed by atoms with Crippen molar-refractivity contribution in [3.63, 3.8) is 0 Å². The first-order valence-electron chi connectivity index (χ1n) is 7.18. The fraction of sp³-hybridized carbons (Fsp3) is 0.600. The van der Waals surface area contributed by atoms with E-state index in [9.17, 15) is 9.59 Å². The zero-order valence-electron chi connectivity index (χ0n) is 12.8. The molecule has 0 aliphatic rings. The van der Waals surface area contributed by atoms with Crippen LogP contribution >= 0.6 is 0 Å². The maximum atomic E-state index is 12.0. The van der Waals surface area contributed by atoms with E-state index in [0.29, 0.717) is 31.8 Å². The fourth-order valence-electron chi connectivity index (χ4n) is 1.97. The highest BCUT2D eigenvalue weighted by molar-refractivity contribution is 5.92. The second-order valence-corrected chi connectivity index (χ2v) is 4.72. The molecule has 0 unspecified atom stereocenters. The Balaban J connectivity index is 2.22. The summed E-state index contributed by atoms with van der Waals surface area (Å²) in [5.74, 6) is -0.265. The van der Waals surface area contributed by atoms with E-state index in [1.165, 1.54) is 7.11 Å². The van der Waals surface area contributed by atoms with Crippen LogP contribution < -0.4 is 5.32 Å². The van der Waals surface area contributed by atoms with Crippen molar-refractivity contribution >= 4 is 11.9 Å². The minimum absolute atomic E-state index is 0.0796. The van der Waals surface area contributed by atoms with Crippen LogP contribution in [-0.4, -0.2) is 43.8 Å². The Morgan fingerprint density at radius 2 is 2.05 bits per heavy atom. The molecule has 0 fully saturated rings. The van der Waals surface area contributed by atoms with Gasteiger partial charge in [-0.1, -0.05) is 6.42 Å². The Bertz CT molecular complexity index is 443. The maximum Gasteiger partial charge on any atom is 0.305 e. The topological polar surface area (TPSA) is 69.6 Å². The summed E-state index contributed by atoms with van der Waals surface area (Å²) in [6.07, 6.45) is 4.82. The summed E-state index contributed by atoms with van der Waals surface area (Å²) in [6, 6.07) is 3.64. The molecule has 0 aromatic carbocycles. The molecule has 21 heavy (non-hydrogen) atoms. The molecule has 0 radical (unpaired) electrons. The maximum absolute atomic E-state index is 12.0. The van der Waals surface area contributed by atoms with Crippen molar-refractivity contribution in [1.82, 2.24) is 9.88 Å². The Morgan fingerprint density at radius 3 is 2.76 bits per heavy atom. The number of esters is 1. The van der Waals surface area contributed by atoms with E-state index in [1.807, 2.05) is 16.8 Å². The summed E-state index contributed by atoms with van der Waals surface area (Å²) >= 11 is 0. The number of aromatic nitrogens is 1.